The molecule has 3 aromatic rings. The molecule has 1 amide bonds. The van der Waals surface area contributed by atoms with E-state index in [1.165, 1.54) is 16.9 Å². The molecule has 0 radical (unpaired) electrons. The molecule has 1 heterocycles. The van der Waals surface area contributed by atoms with Crippen molar-refractivity contribution in [1.29, 1.82) is 0 Å². The Labute approximate surface area is 177 Å². The van der Waals surface area contributed by atoms with Crippen molar-refractivity contribution in [3.63, 3.8) is 0 Å². The van der Waals surface area contributed by atoms with Gasteiger partial charge >= 0.3 is 0 Å². The van der Waals surface area contributed by atoms with Crippen molar-refractivity contribution in [1.82, 2.24) is 4.98 Å². The van der Waals surface area contributed by atoms with Crippen LogP contribution in [0.2, 0.25) is 0 Å². The molecule has 0 aliphatic heterocycles. The largest absolute Gasteiger partial charge is 0.497 e. The second-order valence-electron chi connectivity index (χ2n) is 6.70. The first-order valence-electron chi connectivity index (χ1n) is 9.13. The number of benzene rings is 2. The quantitative estimate of drug-likeness (QED) is 0.417. The number of methoxy groups -OCH3 is 1. The molecule has 0 aliphatic rings. The van der Waals surface area contributed by atoms with E-state index in [9.17, 15) is 4.79 Å². The highest BCUT2D eigenvalue weighted by atomic mass is 79.9. The number of rotatable bonds is 8. The first-order chi connectivity index (χ1) is 13.5. The summed E-state index contributed by atoms with van der Waals surface area (Å²) in [5.41, 5.74) is 2.10. The molecule has 0 unspecified atom stereocenters. The smallest absolute Gasteiger partial charge is 0.226 e. The molecule has 28 heavy (non-hydrogen) atoms. The fraction of sp³-hybridized carbons (Fsp3) is 0.333. The van der Waals surface area contributed by atoms with E-state index in [4.69, 9.17) is 9.47 Å². The summed E-state index contributed by atoms with van der Waals surface area (Å²) in [5.74, 6) is 1.98. The van der Waals surface area contributed by atoms with Crippen molar-refractivity contribution >= 4 is 48.5 Å². The molecule has 0 saturated heterocycles. The molecule has 0 saturated carbocycles. The minimum Gasteiger partial charge on any atom is -0.497 e. The Morgan fingerprint density at radius 3 is 2.79 bits per heavy atom. The standard InChI is InChI=1S/C21H23BrN2O3S/c1-13(2)14-6-9-18(16(22)11-14)27-10-4-5-20(25)24-21-23-17-8-7-15(26-3)12-19(17)28-21/h6-9,11-13H,4-5,10H2,1-3H3,(H,23,24,25). The second-order valence-corrected chi connectivity index (χ2v) is 8.58. The van der Waals surface area contributed by atoms with Gasteiger partial charge in [-0.25, -0.2) is 4.98 Å². The normalized spacial score (nSPS) is 11.0. The SMILES string of the molecule is COc1ccc2nc(NC(=O)CCCOc3ccc(C(C)C)cc3Br)sc2c1. The number of ether oxygens (including phenoxy) is 2. The maximum absolute atomic E-state index is 12.2. The van der Waals surface area contributed by atoms with E-state index in [-0.39, 0.29) is 5.91 Å². The van der Waals surface area contributed by atoms with Crippen LogP contribution < -0.4 is 14.8 Å². The molecular weight excluding hydrogens is 440 g/mol. The van der Waals surface area contributed by atoms with Gasteiger partial charge < -0.3 is 14.8 Å². The minimum atomic E-state index is -0.0659. The number of thiazole rings is 1. The third kappa shape index (κ3) is 5.23. The van der Waals surface area contributed by atoms with Crippen molar-refractivity contribution < 1.29 is 14.3 Å². The number of fused-ring (bicyclic) bond motifs is 1. The molecule has 0 aliphatic carbocycles. The third-order valence-corrected chi connectivity index (χ3v) is 5.82. The van der Waals surface area contributed by atoms with Crippen LogP contribution in [-0.4, -0.2) is 24.6 Å². The lowest BCUT2D eigenvalue weighted by molar-refractivity contribution is -0.116. The molecule has 7 heteroatoms. The van der Waals surface area contributed by atoms with Crippen LogP contribution in [0.1, 0.15) is 38.2 Å². The Balaban J connectivity index is 1.47. The van der Waals surface area contributed by atoms with Gasteiger partial charge in [-0.05, 0) is 64.2 Å². The Bertz CT molecular complexity index is 971. The van der Waals surface area contributed by atoms with Crippen molar-refractivity contribution in [2.45, 2.75) is 32.6 Å². The van der Waals surface area contributed by atoms with Crippen LogP contribution in [-0.2, 0) is 4.79 Å². The molecule has 5 nitrogen and oxygen atoms in total. The third-order valence-electron chi connectivity index (χ3n) is 4.27. The predicted molar refractivity (Wildman–Crippen MR) is 118 cm³/mol. The van der Waals surface area contributed by atoms with Gasteiger partial charge in [-0.3, -0.25) is 4.79 Å². The first-order valence-corrected chi connectivity index (χ1v) is 10.7. The van der Waals surface area contributed by atoms with E-state index in [0.29, 0.717) is 30.5 Å². The van der Waals surface area contributed by atoms with E-state index >= 15 is 0 Å². The molecule has 1 N–H and O–H groups in total. The molecular formula is C21H23BrN2O3S. The van der Waals surface area contributed by atoms with Gasteiger partial charge in [0.15, 0.2) is 5.13 Å². The maximum Gasteiger partial charge on any atom is 0.226 e. The topological polar surface area (TPSA) is 60.5 Å². The van der Waals surface area contributed by atoms with Crippen LogP contribution in [0.25, 0.3) is 10.2 Å². The predicted octanol–water partition coefficient (Wildman–Crippen LogP) is 5.99. The molecule has 0 fully saturated rings. The lowest BCUT2D eigenvalue weighted by Gasteiger charge is -2.11. The van der Waals surface area contributed by atoms with Crippen molar-refractivity contribution in [2.24, 2.45) is 0 Å². The number of halogens is 1. The lowest BCUT2D eigenvalue weighted by atomic mass is 10.0. The monoisotopic (exact) mass is 462 g/mol. The Hall–Kier alpha value is -2.12. The van der Waals surface area contributed by atoms with Crippen molar-refractivity contribution in [3.8, 4) is 11.5 Å². The van der Waals surface area contributed by atoms with E-state index in [1.54, 1.807) is 7.11 Å². The van der Waals surface area contributed by atoms with E-state index < -0.39 is 0 Å². The summed E-state index contributed by atoms with van der Waals surface area (Å²) >= 11 is 4.98. The molecule has 1 aromatic heterocycles. The summed E-state index contributed by atoms with van der Waals surface area (Å²) in [6.45, 7) is 4.79. The highest BCUT2D eigenvalue weighted by Gasteiger charge is 2.10. The summed E-state index contributed by atoms with van der Waals surface area (Å²) in [6, 6.07) is 11.8. The lowest BCUT2D eigenvalue weighted by Crippen LogP contribution is -2.12. The number of anilines is 1. The Morgan fingerprint density at radius 1 is 1.25 bits per heavy atom. The molecule has 0 spiro atoms. The van der Waals surface area contributed by atoms with Crippen LogP contribution >= 0.6 is 27.3 Å². The van der Waals surface area contributed by atoms with Crippen LogP contribution in [0.3, 0.4) is 0 Å². The number of nitrogens with one attached hydrogen (secondary N) is 1. The van der Waals surface area contributed by atoms with Crippen LogP contribution in [0.5, 0.6) is 11.5 Å². The van der Waals surface area contributed by atoms with E-state index in [2.05, 4.69) is 52.2 Å². The fourth-order valence-electron chi connectivity index (χ4n) is 2.68. The van der Waals surface area contributed by atoms with Gasteiger partial charge in [-0.15, -0.1) is 0 Å². The molecule has 0 bridgehead atoms. The second kappa shape index (κ2) is 9.39. The van der Waals surface area contributed by atoms with Gasteiger partial charge in [0.1, 0.15) is 11.5 Å². The van der Waals surface area contributed by atoms with E-state index in [0.717, 1.165) is 26.2 Å². The van der Waals surface area contributed by atoms with Crippen LogP contribution in [0, 0.1) is 0 Å². The van der Waals surface area contributed by atoms with Gasteiger partial charge in [0.25, 0.3) is 0 Å². The van der Waals surface area contributed by atoms with E-state index in [1.807, 2.05) is 24.3 Å². The summed E-state index contributed by atoms with van der Waals surface area (Å²) in [4.78, 5) is 16.6. The number of nitrogens with zero attached hydrogens (tertiary/aromatic N) is 1. The molecule has 3 rings (SSSR count). The van der Waals surface area contributed by atoms with Gasteiger partial charge in [0.05, 0.1) is 28.4 Å². The molecule has 148 valence electrons. The zero-order valence-corrected chi connectivity index (χ0v) is 18.5. The van der Waals surface area contributed by atoms with Gasteiger partial charge in [0.2, 0.25) is 5.91 Å². The zero-order valence-electron chi connectivity index (χ0n) is 16.1. The highest BCUT2D eigenvalue weighted by Crippen LogP contribution is 2.30. The van der Waals surface area contributed by atoms with Crippen molar-refractivity contribution in [3.05, 3.63) is 46.4 Å². The van der Waals surface area contributed by atoms with Gasteiger partial charge in [-0.1, -0.05) is 31.3 Å². The summed E-state index contributed by atoms with van der Waals surface area (Å²) in [5, 5.41) is 3.46. The number of hydrogen-bond acceptors (Lipinski definition) is 5. The fourth-order valence-corrected chi connectivity index (χ4v) is 4.10. The highest BCUT2D eigenvalue weighted by molar-refractivity contribution is 9.10. The number of carbonyl (C=O) groups is 1. The van der Waals surface area contributed by atoms with Crippen molar-refractivity contribution in [2.75, 3.05) is 19.0 Å². The number of amides is 1. The van der Waals surface area contributed by atoms with Gasteiger partial charge in [-0.2, -0.15) is 0 Å². The molecule has 2 aromatic carbocycles. The van der Waals surface area contributed by atoms with Crippen LogP contribution in [0.15, 0.2) is 40.9 Å². The Kier molecular flexibility index (Phi) is 6.91. The summed E-state index contributed by atoms with van der Waals surface area (Å²) < 4.78 is 12.9. The number of aromatic nitrogens is 1. The average Bonchev–Trinajstić information content (AvgIpc) is 3.07. The number of carbonyl (C=O) groups excluding carboxylic acids is 1. The summed E-state index contributed by atoms with van der Waals surface area (Å²) in [6.07, 6.45) is 1.00. The first kappa shape index (κ1) is 20.6. The molecule has 0 atom stereocenters. The average molecular weight is 463 g/mol. The Morgan fingerprint density at radius 2 is 2.07 bits per heavy atom. The van der Waals surface area contributed by atoms with Crippen LogP contribution in [0.4, 0.5) is 5.13 Å². The zero-order chi connectivity index (χ0) is 20.1. The maximum atomic E-state index is 12.2. The van der Waals surface area contributed by atoms with Gasteiger partial charge in [0, 0.05) is 6.42 Å². The number of hydrogen-bond donors (Lipinski definition) is 1. The summed E-state index contributed by atoms with van der Waals surface area (Å²) in [7, 11) is 1.63. The minimum absolute atomic E-state index is 0.0659.